The minimum absolute atomic E-state index is 0.0200. The van der Waals surface area contributed by atoms with Crippen LogP contribution in [0.15, 0.2) is 18.2 Å². The van der Waals surface area contributed by atoms with E-state index in [1.165, 1.54) is 25.6 Å². The molecule has 8 nitrogen and oxygen atoms in total. The van der Waals surface area contributed by atoms with E-state index in [1.54, 1.807) is 30.1 Å². The molecule has 0 fully saturated rings. The Morgan fingerprint density at radius 1 is 1.09 bits per heavy atom. The Morgan fingerprint density at radius 2 is 1.78 bits per heavy atom. The van der Waals surface area contributed by atoms with Gasteiger partial charge in [0.15, 0.2) is 0 Å². The molecule has 0 radical (unpaired) electrons. The third-order valence-electron chi connectivity index (χ3n) is 5.08. The normalized spacial score (nSPS) is 12.8. The topological polar surface area (TPSA) is 97.0 Å². The lowest BCUT2D eigenvalue weighted by atomic mass is 9.95. The van der Waals surface area contributed by atoms with Crippen molar-refractivity contribution in [3.63, 3.8) is 0 Å². The molecule has 0 atom stereocenters. The zero-order chi connectivity index (χ0) is 23.3. The molecule has 0 saturated heterocycles. The lowest BCUT2D eigenvalue weighted by Gasteiger charge is -2.17. The standard InChI is InChI=1S/C22H26ClN3O5S/c1-26(11-18(27)24-15-10-13(23)8-9-16(15)30-2)12-19(28)25-21-20(22(29)31-3)14-6-4-5-7-17(14)32-21/h8-10H,4-7,11-12H2,1-3H3,(H,24,27)(H,25,28). The lowest BCUT2D eigenvalue weighted by molar-refractivity contribution is -0.119. The molecule has 2 N–H and O–H groups in total. The van der Waals surface area contributed by atoms with Gasteiger partial charge in [-0.2, -0.15) is 0 Å². The number of methoxy groups -OCH3 is 2. The number of rotatable bonds is 8. The second kappa shape index (κ2) is 10.8. The number of likely N-dealkylation sites (N-methyl/N-ethyl adjacent to an activating group) is 1. The number of amides is 2. The molecule has 2 amide bonds. The number of fused-ring (bicyclic) bond motifs is 1. The third-order valence-corrected chi connectivity index (χ3v) is 6.52. The molecule has 3 rings (SSSR count). The van der Waals surface area contributed by atoms with Crippen molar-refractivity contribution >= 4 is 51.4 Å². The number of halogens is 1. The fraction of sp³-hybridized carbons (Fsp3) is 0.409. The summed E-state index contributed by atoms with van der Waals surface area (Å²) in [7, 11) is 4.50. The first-order chi connectivity index (χ1) is 15.3. The molecular formula is C22H26ClN3O5S. The highest BCUT2D eigenvalue weighted by atomic mass is 35.5. The van der Waals surface area contributed by atoms with Crippen LogP contribution in [0.4, 0.5) is 10.7 Å². The second-order valence-electron chi connectivity index (χ2n) is 7.52. The Kier molecular flexibility index (Phi) is 8.11. The number of carbonyl (C=O) groups excluding carboxylic acids is 3. The van der Waals surface area contributed by atoms with Crippen molar-refractivity contribution in [1.29, 1.82) is 0 Å². The minimum atomic E-state index is -0.442. The largest absolute Gasteiger partial charge is 0.495 e. The van der Waals surface area contributed by atoms with Crippen molar-refractivity contribution in [2.45, 2.75) is 25.7 Å². The smallest absolute Gasteiger partial charge is 0.341 e. The number of anilines is 2. The zero-order valence-electron chi connectivity index (χ0n) is 18.2. The van der Waals surface area contributed by atoms with Crippen LogP contribution in [-0.4, -0.2) is 57.0 Å². The van der Waals surface area contributed by atoms with Crippen LogP contribution < -0.4 is 15.4 Å². The van der Waals surface area contributed by atoms with E-state index >= 15 is 0 Å². The number of esters is 1. The Morgan fingerprint density at radius 3 is 2.47 bits per heavy atom. The van der Waals surface area contributed by atoms with Gasteiger partial charge in [0.25, 0.3) is 0 Å². The molecule has 32 heavy (non-hydrogen) atoms. The van der Waals surface area contributed by atoms with Gasteiger partial charge in [-0.3, -0.25) is 14.5 Å². The molecule has 172 valence electrons. The monoisotopic (exact) mass is 479 g/mol. The minimum Gasteiger partial charge on any atom is -0.495 e. The molecule has 1 aliphatic carbocycles. The van der Waals surface area contributed by atoms with Gasteiger partial charge in [0.05, 0.1) is 38.6 Å². The predicted molar refractivity (Wildman–Crippen MR) is 125 cm³/mol. The number of carbonyl (C=O) groups is 3. The summed E-state index contributed by atoms with van der Waals surface area (Å²) in [6.07, 6.45) is 3.78. The van der Waals surface area contributed by atoms with E-state index in [1.807, 2.05) is 0 Å². The third kappa shape index (κ3) is 5.79. The van der Waals surface area contributed by atoms with E-state index in [0.717, 1.165) is 36.1 Å². The number of nitrogens with one attached hydrogen (secondary N) is 2. The number of ether oxygens (including phenoxy) is 2. The van der Waals surface area contributed by atoms with Gasteiger partial charge in [-0.25, -0.2) is 4.79 Å². The fourth-order valence-corrected chi connectivity index (χ4v) is 5.12. The van der Waals surface area contributed by atoms with Crippen LogP contribution >= 0.6 is 22.9 Å². The van der Waals surface area contributed by atoms with E-state index in [-0.39, 0.29) is 24.9 Å². The van der Waals surface area contributed by atoms with Crippen LogP contribution in [0.3, 0.4) is 0 Å². The molecule has 0 aliphatic heterocycles. The van der Waals surface area contributed by atoms with Crippen LogP contribution in [0, 0.1) is 0 Å². The first kappa shape index (κ1) is 24.0. The van der Waals surface area contributed by atoms with Crippen molar-refractivity contribution in [2.24, 2.45) is 0 Å². The van der Waals surface area contributed by atoms with Gasteiger partial charge in [0.2, 0.25) is 11.8 Å². The maximum absolute atomic E-state index is 12.6. The van der Waals surface area contributed by atoms with Crippen LogP contribution in [-0.2, 0) is 27.2 Å². The van der Waals surface area contributed by atoms with Crippen molar-refractivity contribution < 1.29 is 23.9 Å². The average molecular weight is 480 g/mol. The van der Waals surface area contributed by atoms with Crippen molar-refractivity contribution in [2.75, 3.05) is 45.0 Å². The van der Waals surface area contributed by atoms with Crippen molar-refractivity contribution in [1.82, 2.24) is 4.90 Å². The molecule has 2 aromatic rings. The predicted octanol–water partition coefficient (Wildman–Crippen LogP) is 3.58. The summed E-state index contributed by atoms with van der Waals surface area (Å²) >= 11 is 7.42. The van der Waals surface area contributed by atoms with Gasteiger partial charge in [0, 0.05) is 9.90 Å². The summed E-state index contributed by atoms with van der Waals surface area (Å²) in [6, 6.07) is 4.92. The maximum atomic E-state index is 12.6. The zero-order valence-corrected chi connectivity index (χ0v) is 19.8. The van der Waals surface area contributed by atoms with Crippen LogP contribution in [0.2, 0.25) is 5.02 Å². The molecule has 0 unspecified atom stereocenters. The first-order valence-electron chi connectivity index (χ1n) is 10.2. The quantitative estimate of drug-likeness (QED) is 0.562. The number of hydrogen-bond donors (Lipinski definition) is 2. The van der Waals surface area contributed by atoms with E-state index in [4.69, 9.17) is 21.1 Å². The highest BCUT2D eigenvalue weighted by Crippen LogP contribution is 2.38. The van der Waals surface area contributed by atoms with Gasteiger partial charge in [0.1, 0.15) is 10.8 Å². The number of benzene rings is 1. The number of nitrogens with zero attached hydrogens (tertiary/aromatic N) is 1. The van der Waals surface area contributed by atoms with Gasteiger partial charge in [-0.15, -0.1) is 11.3 Å². The molecular weight excluding hydrogens is 454 g/mol. The Bertz CT molecular complexity index is 1020. The Labute approximate surface area is 195 Å². The summed E-state index contributed by atoms with van der Waals surface area (Å²) in [5, 5.41) is 6.55. The molecule has 1 aromatic carbocycles. The summed E-state index contributed by atoms with van der Waals surface area (Å²) in [4.78, 5) is 40.0. The number of hydrogen-bond acceptors (Lipinski definition) is 7. The Hall–Kier alpha value is -2.62. The summed E-state index contributed by atoms with van der Waals surface area (Å²) < 4.78 is 10.2. The summed E-state index contributed by atoms with van der Waals surface area (Å²) in [6.45, 7) is -0.0445. The van der Waals surface area contributed by atoms with Gasteiger partial charge in [-0.1, -0.05) is 11.6 Å². The van der Waals surface area contributed by atoms with Gasteiger partial charge in [-0.05, 0) is 56.5 Å². The van der Waals surface area contributed by atoms with Crippen molar-refractivity contribution in [3.8, 4) is 5.75 Å². The highest BCUT2D eigenvalue weighted by molar-refractivity contribution is 7.17. The molecule has 0 bridgehead atoms. The summed E-state index contributed by atoms with van der Waals surface area (Å²) in [5.74, 6) is -0.588. The SMILES string of the molecule is COC(=O)c1c(NC(=O)CN(C)CC(=O)Nc2cc(Cl)ccc2OC)sc2c1CCCC2. The fourth-order valence-electron chi connectivity index (χ4n) is 3.65. The average Bonchev–Trinajstić information content (AvgIpc) is 3.10. The lowest BCUT2D eigenvalue weighted by Crippen LogP contribution is -2.36. The van der Waals surface area contributed by atoms with Crippen LogP contribution in [0.25, 0.3) is 0 Å². The number of aryl methyl sites for hydroxylation is 1. The maximum Gasteiger partial charge on any atom is 0.341 e. The number of thiophene rings is 1. The first-order valence-corrected chi connectivity index (χ1v) is 11.4. The molecule has 1 heterocycles. The highest BCUT2D eigenvalue weighted by Gasteiger charge is 2.27. The second-order valence-corrected chi connectivity index (χ2v) is 9.06. The van der Waals surface area contributed by atoms with Gasteiger partial charge < -0.3 is 20.1 Å². The van der Waals surface area contributed by atoms with E-state index in [9.17, 15) is 14.4 Å². The molecule has 1 aliphatic rings. The molecule has 0 spiro atoms. The Balaban J connectivity index is 1.61. The molecule has 1 aromatic heterocycles. The van der Waals surface area contributed by atoms with Crippen LogP contribution in [0.1, 0.15) is 33.6 Å². The summed E-state index contributed by atoms with van der Waals surface area (Å²) in [5.41, 5.74) is 1.88. The van der Waals surface area contributed by atoms with E-state index in [2.05, 4.69) is 10.6 Å². The van der Waals surface area contributed by atoms with Gasteiger partial charge >= 0.3 is 5.97 Å². The molecule has 10 heteroatoms. The van der Waals surface area contributed by atoms with E-state index in [0.29, 0.717) is 27.0 Å². The molecule has 0 saturated carbocycles. The van der Waals surface area contributed by atoms with Crippen molar-refractivity contribution in [3.05, 3.63) is 39.2 Å². The van der Waals surface area contributed by atoms with E-state index < -0.39 is 5.97 Å². The van der Waals surface area contributed by atoms with Crippen LogP contribution in [0.5, 0.6) is 5.75 Å².